The summed E-state index contributed by atoms with van der Waals surface area (Å²) in [7, 11) is 2.08. The van der Waals surface area contributed by atoms with E-state index in [1.165, 1.54) is 0 Å². The lowest BCUT2D eigenvalue weighted by atomic mass is 10.1. The average Bonchev–Trinajstić information content (AvgIpc) is 2.48. The molecule has 1 aliphatic heterocycles. The number of halogens is 1. The fourth-order valence-electron chi connectivity index (χ4n) is 2.46. The van der Waals surface area contributed by atoms with Crippen LogP contribution in [0, 0.1) is 0 Å². The number of carbonyl (C=O) groups is 1. The first-order chi connectivity index (χ1) is 10.5. The highest BCUT2D eigenvalue weighted by atomic mass is 35.5. The molecule has 0 unspecified atom stereocenters. The lowest BCUT2D eigenvalue weighted by Crippen LogP contribution is -2.46. The normalized spacial score (nSPS) is 20.6. The first-order valence-corrected chi connectivity index (χ1v) is 7.98. The van der Waals surface area contributed by atoms with Crippen molar-refractivity contribution in [2.75, 3.05) is 39.8 Å². The molecule has 122 valence electrons. The van der Waals surface area contributed by atoms with E-state index in [0.717, 1.165) is 25.3 Å². The molecular weight excluding hydrogens is 302 g/mol. The molecular formula is C16H24ClN3O2. The van der Waals surface area contributed by atoms with Gasteiger partial charge in [-0.15, -0.1) is 0 Å². The lowest BCUT2D eigenvalue weighted by molar-refractivity contribution is -0.121. The van der Waals surface area contributed by atoms with Gasteiger partial charge < -0.3 is 20.3 Å². The first kappa shape index (κ1) is 17.2. The van der Waals surface area contributed by atoms with Crippen molar-refractivity contribution < 1.29 is 9.53 Å². The summed E-state index contributed by atoms with van der Waals surface area (Å²) >= 11 is 5.86. The zero-order valence-electron chi connectivity index (χ0n) is 13.1. The van der Waals surface area contributed by atoms with Crippen LogP contribution in [0.1, 0.15) is 18.5 Å². The molecule has 5 nitrogen and oxygen atoms in total. The van der Waals surface area contributed by atoms with Crippen molar-refractivity contribution in [1.29, 1.82) is 0 Å². The van der Waals surface area contributed by atoms with Crippen molar-refractivity contribution in [2.45, 2.75) is 19.1 Å². The first-order valence-electron chi connectivity index (χ1n) is 7.60. The SMILES string of the molecule is C[C@H](NC(=O)CNC[C@@H]1CN(C)CCO1)c1ccc(Cl)cc1. The van der Waals surface area contributed by atoms with Crippen LogP contribution >= 0.6 is 11.6 Å². The molecule has 22 heavy (non-hydrogen) atoms. The highest BCUT2D eigenvalue weighted by Crippen LogP contribution is 2.15. The van der Waals surface area contributed by atoms with E-state index in [4.69, 9.17) is 16.3 Å². The van der Waals surface area contributed by atoms with Crippen molar-refractivity contribution in [3.63, 3.8) is 0 Å². The number of benzene rings is 1. The zero-order valence-corrected chi connectivity index (χ0v) is 13.9. The maximum Gasteiger partial charge on any atom is 0.234 e. The number of nitrogens with one attached hydrogen (secondary N) is 2. The minimum absolute atomic E-state index is 0.0217. The van der Waals surface area contributed by atoms with E-state index in [9.17, 15) is 4.79 Å². The number of ether oxygens (including phenoxy) is 1. The Bertz CT molecular complexity index is 481. The molecule has 0 radical (unpaired) electrons. The predicted molar refractivity (Wildman–Crippen MR) is 88.1 cm³/mol. The second-order valence-electron chi connectivity index (χ2n) is 5.73. The fourth-order valence-corrected chi connectivity index (χ4v) is 2.59. The average molecular weight is 326 g/mol. The number of likely N-dealkylation sites (N-methyl/N-ethyl adjacent to an activating group) is 1. The molecule has 0 bridgehead atoms. The smallest absolute Gasteiger partial charge is 0.234 e. The van der Waals surface area contributed by atoms with Crippen LogP contribution in [0.15, 0.2) is 24.3 Å². The van der Waals surface area contributed by atoms with Crippen molar-refractivity contribution in [2.24, 2.45) is 0 Å². The molecule has 6 heteroatoms. The van der Waals surface area contributed by atoms with Gasteiger partial charge in [-0.1, -0.05) is 23.7 Å². The van der Waals surface area contributed by atoms with Crippen molar-refractivity contribution >= 4 is 17.5 Å². The third-order valence-electron chi connectivity index (χ3n) is 3.75. The van der Waals surface area contributed by atoms with Gasteiger partial charge in [0.1, 0.15) is 0 Å². The Balaban J connectivity index is 1.68. The number of nitrogens with zero attached hydrogens (tertiary/aromatic N) is 1. The molecule has 0 aliphatic carbocycles. The Labute approximate surface area is 137 Å². The summed E-state index contributed by atoms with van der Waals surface area (Å²) in [6, 6.07) is 7.46. The molecule has 1 heterocycles. The van der Waals surface area contributed by atoms with Crippen molar-refractivity contribution in [1.82, 2.24) is 15.5 Å². The van der Waals surface area contributed by atoms with E-state index < -0.39 is 0 Å². The number of hydrogen-bond donors (Lipinski definition) is 2. The molecule has 1 aliphatic rings. The van der Waals surface area contributed by atoms with Crippen LogP contribution in [0.4, 0.5) is 0 Å². The number of rotatable bonds is 6. The van der Waals surface area contributed by atoms with E-state index in [2.05, 4.69) is 22.6 Å². The standard InChI is InChI=1S/C16H24ClN3O2/c1-12(13-3-5-14(17)6-4-13)19-16(21)10-18-9-15-11-20(2)7-8-22-15/h3-6,12,15,18H,7-11H2,1-2H3,(H,19,21)/t12-,15+/m0/s1. The molecule has 1 aromatic rings. The van der Waals surface area contributed by atoms with Crippen molar-refractivity contribution in [3.05, 3.63) is 34.9 Å². The maximum atomic E-state index is 11.9. The summed E-state index contributed by atoms with van der Waals surface area (Å²) in [6.07, 6.45) is 0.153. The predicted octanol–water partition coefficient (Wildman–Crippen LogP) is 1.44. The molecule has 2 rings (SSSR count). The molecule has 1 fully saturated rings. The van der Waals surface area contributed by atoms with Crippen LogP contribution in [0.25, 0.3) is 0 Å². The van der Waals surface area contributed by atoms with Crippen LogP contribution in [-0.4, -0.2) is 56.7 Å². The molecule has 1 saturated heterocycles. The molecule has 1 amide bonds. The van der Waals surface area contributed by atoms with Crippen LogP contribution in [0.5, 0.6) is 0 Å². The van der Waals surface area contributed by atoms with Gasteiger partial charge in [-0.25, -0.2) is 0 Å². The van der Waals surface area contributed by atoms with Gasteiger partial charge >= 0.3 is 0 Å². The third kappa shape index (κ3) is 5.57. The van der Waals surface area contributed by atoms with Crippen LogP contribution < -0.4 is 10.6 Å². The van der Waals surface area contributed by atoms with Gasteiger partial charge in [-0.05, 0) is 31.7 Å². The molecule has 2 N–H and O–H groups in total. The highest BCUT2D eigenvalue weighted by molar-refractivity contribution is 6.30. The van der Waals surface area contributed by atoms with Gasteiger partial charge in [0.05, 0.1) is 25.3 Å². The van der Waals surface area contributed by atoms with Gasteiger partial charge in [0.2, 0.25) is 5.91 Å². The summed E-state index contributed by atoms with van der Waals surface area (Å²) < 4.78 is 5.64. The molecule has 0 aromatic heterocycles. The minimum Gasteiger partial charge on any atom is -0.374 e. The second kappa shape index (κ2) is 8.48. The number of amides is 1. The largest absolute Gasteiger partial charge is 0.374 e. The van der Waals surface area contributed by atoms with Crippen LogP contribution in [-0.2, 0) is 9.53 Å². The topological polar surface area (TPSA) is 53.6 Å². The van der Waals surface area contributed by atoms with Gasteiger partial charge in [0, 0.05) is 24.7 Å². The summed E-state index contributed by atoms with van der Waals surface area (Å²) in [5, 5.41) is 6.82. The quantitative estimate of drug-likeness (QED) is 0.831. The van der Waals surface area contributed by atoms with Gasteiger partial charge in [0.25, 0.3) is 0 Å². The minimum atomic E-state index is -0.0383. The number of hydrogen-bond acceptors (Lipinski definition) is 4. The van der Waals surface area contributed by atoms with E-state index in [1.54, 1.807) is 0 Å². The van der Waals surface area contributed by atoms with E-state index in [-0.39, 0.29) is 18.1 Å². The second-order valence-corrected chi connectivity index (χ2v) is 6.16. The summed E-state index contributed by atoms with van der Waals surface area (Å²) in [5.41, 5.74) is 1.04. The van der Waals surface area contributed by atoms with Gasteiger partial charge in [-0.3, -0.25) is 4.79 Å². The van der Waals surface area contributed by atoms with Gasteiger partial charge in [0.15, 0.2) is 0 Å². The summed E-state index contributed by atoms with van der Waals surface area (Å²) in [4.78, 5) is 14.2. The van der Waals surface area contributed by atoms with E-state index in [1.807, 2.05) is 31.2 Å². The van der Waals surface area contributed by atoms with Gasteiger partial charge in [-0.2, -0.15) is 0 Å². The monoisotopic (exact) mass is 325 g/mol. The number of morpholine rings is 1. The Morgan fingerprint density at radius 1 is 1.45 bits per heavy atom. The zero-order chi connectivity index (χ0) is 15.9. The highest BCUT2D eigenvalue weighted by Gasteiger charge is 2.17. The van der Waals surface area contributed by atoms with Crippen LogP contribution in [0.2, 0.25) is 5.02 Å². The lowest BCUT2D eigenvalue weighted by Gasteiger charge is -2.30. The van der Waals surface area contributed by atoms with E-state index >= 15 is 0 Å². The molecule has 1 aromatic carbocycles. The van der Waals surface area contributed by atoms with E-state index in [0.29, 0.717) is 18.1 Å². The summed E-state index contributed by atoms with van der Waals surface area (Å²) in [6.45, 7) is 5.56. The van der Waals surface area contributed by atoms with Crippen molar-refractivity contribution in [3.8, 4) is 0 Å². The Morgan fingerprint density at radius 2 is 2.18 bits per heavy atom. The number of carbonyl (C=O) groups excluding carboxylic acids is 1. The molecule has 2 atom stereocenters. The third-order valence-corrected chi connectivity index (χ3v) is 4.00. The Kier molecular flexibility index (Phi) is 6.64. The maximum absolute atomic E-state index is 11.9. The molecule has 0 spiro atoms. The summed E-state index contributed by atoms with van der Waals surface area (Å²) in [5.74, 6) is -0.0217. The fraction of sp³-hybridized carbons (Fsp3) is 0.562. The Hall–Kier alpha value is -1.14. The Morgan fingerprint density at radius 3 is 2.86 bits per heavy atom. The van der Waals surface area contributed by atoms with Crippen LogP contribution in [0.3, 0.4) is 0 Å². The molecule has 0 saturated carbocycles.